The number of thioether (sulfide) groups is 1. The zero-order chi connectivity index (χ0) is 23.3. The average molecular weight is 528 g/mol. The van der Waals surface area contributed by atoms with E-state index in [0.29, 0.717) is 30.2 Å². The van der Waals surface area contributed by atoms with Gasteiger partial charge in [0.25, 0.3) is 0 Å². The molecule has 1 amide bonds. The second-order valence-electron chi connectivity index (χ2n) is 8.01. The van der Waals surface area contributed by atoms with E-state index in [1.165, 1.54) is 28.1 Å². The third-order valence-corrected chi connectivity index (χ3v) is 8.15. The van der Waals surface area contributed by atoms with Crippen molar-refractivity contribution in [1.82, 2.24) is 9.88 Å². The van der Waals surface area contributed by atoms with Gasteiger partial charge in [-0.25, -0.2) is 13.4 Å². The highest BCUT2D eigenvalue weighted by atomic mass is 35.5. The maximum Gasteiger partial charge on any atom is 0.228 e. The third kappa shape index (κ3) is 7.96. The molecule has 0 saturated carbocycles. The summed E-state index contributed by atoms with van der Waals surface area (Å²) < 4.78 is 24.5. The van der Waals surface area contributed by atoms with Crippen LogP contribution in [0.5, 0.6) is 0 Å². The van der Waals surface area contributed by atoms with Crippen molar-refractivity contribution in [2.24, 2.45) is 0 Å². The molecule has 6 nitrogen and oxygen atoms in total. The minimum Gasteiger partial charge on any atom is -0.308 e. The Morgan fingerprint density at radius 1 is 1.09 bits per heavy atom. The molecule has 10 heteroatoms. The number of carbonyl (C=O) groups is 1. The van der Waals surface area contributed by atoms with Crippen molar-refractivity contribution in [2.45, 2.75) is 29.6 Å². The molecule has 0 spiro atoms. The molecule has 2 aromatic carbocycles. The number of fused-ring (bicyclic) bond motifs is 1. The van der Waals surface area contributed by atoms with E-state index in [-0.39, 0.29) is 23.2 Å². The van der Waals surface area contributed by atoms with Crippen molar-refractivity contribution in [1.29, 1.82) is 0 Å². The molecule has 0 N–H and O–H groups in total. The summed E-state index contributed by atoms with van der Waals surface area (Å²) in [6.07, 6.45) is 2.41. The van der Waals surface area contributed by atoms with Crippen molar-refractivity contribution < 1.29 is 13.2 Å². The van der Waals surface area contributed by atoms with Gasteiger partial charge in [0.2, 0.25) is 5.91 Å². The van der Waals surface area contributed by atoms with Crippen LogP contribution >= 0.6 is 35.5 Å². The first-order chi connectivity index (χ1) is 15.1. The van der Waals surface area contributed by atoms with E-state index in [2.05, 4.69) is 36.2 Å². The lowest BCUT2D eigenvalue weighted by molar-refractivity contribution is -0.118. The van der Waals surface area contributed by atoms with E-state index in [0.717, 1.165) is 16.9 Å². The van der Waals surface area contributed by atoms with Gasteiger partial charge in [0.1, 0.15) is 0 Å². The van der Waals surface area contributed by atoms with E-state index in [1.807, 2.05) is 19.0 Å². The Morgan fingerprint density at radius 3 is 2.42 bits per heavy atom. The summed E-state index contributed by atoms with van der Waals surface area (Å²) in [5.41, 5.74) is 1.94. The second kappa shape index (κ2) is 12.2. The van der Waals surface area contributed by atoms with Crippen molar-refractivity contribution >= 4 is 66.6 Å². The third-order valence-electron chi connectivity index (χ3n) is 4.90. The maximum atomic E-state index is 13.1. The summed E-state index contributed by atoms with van der Waals surface area (Å²) in [7, 11) is 0.646. The number of sulfone groups is 1. The number of carbonyl (C=O) groups excluding carboxylic acids is 1. The fourth-order valence-corrected chi connectivity index (χ4v) is 5.67. The Labute approximate surface area is 210 Å². The van der Waals surface area contributed by atoms with Gasteiger partial charge in [-0.2, -0.15) is 0 Å². The van der Waals surface area contributed by atoms with Crippen molar-refractivity contribution in [3.8, 4) is 0 Å². The van der Waals surface area contributed by atoms with Crippen molar-refractivity contribution in [3.05, 3.63) is 48.0 Å². The summed E-state index contributed by atoms with van der Waals surface area (Å²) in [6, 6.07) is 13.3. The van der Waals surface area contributed by atoms with Gasteiger partial charge in [-0.05, 0) is 63.5 Å². The lowest BCUT2D eigenvalue weighted by Crippen LogP contribution is -2.36. The van der Waals surface area contributed by atoms with Crippen LogP contribution in [-0.4, -0.2) is 63.4 Å². The van der Waals surface area contributed by atoms with Gasteiger partial charge in [-0.15, -0.1) is 24.2 Å². The molecular weight excluding hydrogens is 498 g/mol. The summed E-state index contributed by atoms with van der Waals surface area (Å²) in [5, 5.41) is 0.615. The molecule has 0 atom stereocenters. The number of amides is 1. The Bertz CT molecular complexity index is 1180. The number of thiazole rings is 1. The Morgan fingerprint density at radius 2 is 1.79 bits per heavy atom. The minimum atomic E-state index is -3.29. The Balaban J connectivity index is 0.00000385. The molecule has 1 aromatic heterocycles. The lowest BCUT2D eigenvalue weighted by atomic mass is 10.2. The van der Waals surface area contributed by atoms with Gasteiger partial charge < -0.3 is 4.90 Å². The van der Waals surface area contributed by atoms with Gasteiger partial charge >= 0.3 is 0 Å². The van der Waals surface area contributed by atoms with Crippen LogP contribution < -0.4 is 4.90 Å². The normalized spacial score (nSPS) is 11.5. The fraction of sp³-hybridized carbons (Fsp3) is 0.391. The molecular formula is C23H30ClN3O3S3. The van der Waals surface area contributed by atoms with Crippen LogP contribution in [0.3, 0.4) is 0 Å². The Kier molecular flexibility index (Phi) is 10.2. The average Bonchev–Trinajstić information content (AvgIpc) is 3.14. The predicted molar refractivity (Wildman–Crippen MR) is 142 cm³/mol. The Hall–Kier alpha value is -1.65. The van der Waals surface area contributed by atoms with Gasteiger partial charge in [0.15, 0.2) is 15.0 Å². The van der Waals surface area contributed by atoms with Crippen LogP contribution in [0.4, 0.5) is 5.13 Å². The van der Waals surface area contributed by atoms with E-state index in [9.17, 15) is 13.2 Å². The van der Waals surface area contributed by atoms with E-state index >= 15 is 0 Å². The fourth-order valence-electron chi connectivity index (χ4n) is 3.05. The van der Waals surface area contributed by atoms with Gasteiger partial charge in [0, 0.05) is 30.7 Å². The van der Waals surface area contributed by atoms with Crippen LogP contribution in [0.2, 0.25) is 0 Å². The monoisotopic (exact) mass is 527 g/mol. The number of nitrogens with zero attached hydrogens (tertiary/aromatic N) is 3. The number of benzene rings is 2. The number of hydrogen-bond donors (Lipinski definition) is 0. The summed E-state index contributed by atoms with van der Waals surface area (Å²) in [4.78, 5) is 22.9. The largest absolute Gasteiger partial charge is 0.308 e. The number of hydrogen-bond acceptors (Lipinski definition) is 7. The number of rotatable bonds is 10. The van der Waals surface area contributed by atoms with Crippen molar-refractivity contribution in [2.75, 3.05) is 44.1 Å². The predicted octanol–water partition coefficient (Wildman–Crippen LogP) is 4.90. The molecule has 1 heterocycles. The first-order valence-electron chi connectivity index (χ1n) is 10.4. The maximum absolute atomic E-state index is 13.1. The summed E-state index contributed by atoms with van der Waals surface area (Å²) in [5.74, 6) is 0.909. The number of aryl methyl sites for hydroxylation is 1. The lowest BCUT2D eigenvalue weighted by Gasteiger charge is -2.22. The van der Waals surface area contributed by atoms with E-state index in [1.54, 1.807) is 34.9 Å². The zero-order valence-corrected chi connectivity index (χ0v) is 22.5. The summed E-state index contributed by atoms with van der Waals surface area (Å²) in [6.45, 7) is 3.32. The molecule has 0 aliphatic carbocycles. The van der Waals surface area contributed by atoms with Crippen LogP contribution in [0.1, 0.15) is 18.4 Å². The molecule has 0 aliphatic rings. The van der Waals surface area contributed by atoms with E-state index < -0.39 is 9.84 Å². The van der Waals surface area contributed by atoms with Gasteiger partial charge in [0.05, 0.1) is 15.1 Å². The number of anilines is 1. The standard InChI is InChI=1S/C23H29N3O3S3.ClH/c1-17-7-9-18(10-8-17)30-15-5-6-22(27)26(14-13-25(2)3)23-24-20-12-11-19(32(4,28)29)16-21(20)31-23;/h7-12,16H,5-6,13-15H2,1-4H3;1H. The van der Waals surface area contributed by atoms with E-state index in [4.69, 9.17) is 0 Å². The smallest absolute Gasteiger partial charge is 0.228 e. The first-order valence-corrected chi connectivity index (χ1v) is 14.1. The number of halogens is 1. The summed E-state index contributed by atoms with van der Waals surface area (Å²) >= 11 is 3.11. The van der Waals surface area contributed by atoms with Crippen LogP contribution in [0, 0.1) is 6.92 Å². The quantitative estimate of drug-likeness (QED) is 0.276. The minimum absolute atomic E-state index is 0. The molecule has 3 rings (SSSR count). The van der Waals surface area contributed by atoms with Gasteiger partial charge in [-0.3, -0.25) is 9.69 Å². The zero-order valence-electron chi connectivity index (χ0n) is 19.3. The highest BCUT2D eigenvalue weighted by Gasteiger charge is 2.20. The number of aromatic nitrogens is 1. The van der Waals surface area contributed by atoms with Gasteiger partial charge in [-0.1, -0.05) is 29.0 Å². The topological polar surface area (TPSA) is 70.6 Å². The molecule has 0 unspecified atom stereocenters. The highest BCUT2D eigenvalue weighted by molar-refractivity contribution is 7.99. The van der Waals surface area contributed by atoms with Crippen LogP contribution in [-0.2, 0) is 14.6 Å². The second-order valence-corrected chi connectivity index (χ2v) is 12.2. The number of likely N-dealkylation sites (N-methyl/N-ethyl adjacent to an activating group) is 1. The first kappa shape index (κ1) is 27.6. The SMILES string of the molecule is Cc1ccc(SCCCC(=O)N(CCN(C)C)c2nc3ccc(S(C)(=O)=O)cc3s2)cc1.Cl. The van der Waals surface area contributed by atoms with Crippen molar-refractivity contribution in [3.63, 3.8) is 0 Å². The molecule has 180 valence electrons. The highest BCUT2D eigenvalue weighted by Crippen LogP contribution is 2.31. The molecule has 33 heavy (non-hydrogen) atoms. The molecule has 3 aromatic rings. The van der Waals surface area contributed by atoms with Crippen LogP contribution in [0.15, 0.2) is 52.3 Å². The van der Waals surface area contributed by atoms with Crippen LogP contribution in [0.25, 0.3) is 10.2 Å². The molecule has 0 fully saturated rings. The molecule has 0 aliphatic heterocycles. The molecule has 0 saturated heterocycles. The molecule has 0 bridgehead atoms. The molecule has 0 radical (unpaired) electrons.